The molecule has 0 aliphatic heterocycles. The first kappa shape index (κ1) is 20.7. The Kier molecular flexibility index (Phi) is 7.63. The quantitative estimate of drug-likeness (QED) is 0.496. The van der Waals surface area contributed by atoms with Gasteiger partial charge in [-0.2, -0.15) is 5.26 Å². The van der Waals surface area contributed by atoms with Crippen molar-refractivity contribution in [3.05, 3.63) is 69.7 Å². The number of anilines is 1. The number of nitrogens with zero attached hydrogens (tertiary/aromatic N) is 2. The van der Waals surface area contributed by atoms with Crippen LogP contribution in [0.3, 0.4) is 0 Å². The van der Waals surface area contributed by atoms with Crippen LogP contribution in [0.4, 0.5) is 5.69 Å². The Bertz CT molecular complexity index is 852. The van der Waals surface area contributed by atoms with E-state index in [4.69, 9.17) is 0 Å². The van der Waals surface area contributed by atoms with E-state index in [9.17, 15) is 10.1 Å². The van der Waals surface area contributed by atoms with Crippen LogP contribution in [0.25, 0.3) is 6.08 Å². The second-order valence-electron chi connectivity index (χ2n) is 6.16. The van der Waals surface area contributed by atoms with Crippen LogP contribution in [-0.4, -0.2) is 19.0 Å². The van der Waals surface area contributed by atoms with Crippen molar-refractivity contribution in [3.8, 4) is 6.07 Å². The fraction of sp³-hybridized carbons (Fsp3) is 0.273. The first-order chi connectivity index (χ1) is 13.0. The Balaban J connectivity index is 2.19. The first-order valence-electron chi connectivity index (χ1n) is 9.02. The molecule has 27 heavy (non-hydrogen) atoms. The van der Waals surface area contributed by atoms with Crippen LogP contribution in [0.2, 0.25) is 0 Å². The zero-order chi connectivity index (χ0) is 19.8. The van der Waals surface area contributed by atoms with Crippen molar-refractivity contribution in [1.29, 1.82) is 5.26 Å². The molecule has 0 fully saturated rings. The molecule has 0 aliphatic rings. The molecule has 4 nitrogen and oxygen atoms in total. The summed E-state index contributed by atoms with van der Waals surface area (Å²) in [6, 6.07) is 17.4. The molecular formula is C22H24BrN3O. The summed E-state index contributed by atoms with van der Waals surface area (Å²) in [5.41, 5.74) is 2.98. The third-order valence-electron chi connectivity index (χ3n) is 4.40. The number of amides is 1. The molecule has 0 spiro atoms. The van der Waals surface area contributed by atoms with Crippen molar-refractivity contribution in [1.82, 2.24) is 5.32 Å². The molecule has 0 saturated heterocycles. The van der Waals surface area contributed by atoms with Gasteiger partial charge in [0.1, 0.15) is 11.6 Å². The number of hydrogen-bond acceptors (Lipinski definition) is 3. The summed E-state index contributed by atoms with van der Waals surface area (Å²) in [5.74, 6) is -0.377. The monoisotopic (exact) mass is 425 g/mol. The van der Waals surface area contributed by atoms with Crippen molar-refractivity contribution in [2.45, 2.75) is 26.8 Å². The second kappa shape index (κ2) is 9.94. The van der Waals surface area contributed by atoms with Crippen molar-refractivity contribution >= 4 is 33.6 Å². The average Bonchev–Trinajstić information content (AvgIpc) is 2.69. The maximum absolute atomic E-state index is 12.5. The van der Waals surface area contributed by atoms with Crippen LogP contribution >= 0.6 is 15.9 Å². The zero-order valence-electron chi connectivity index (χ0n) is 15.9. The average molecular weight is 426 g/mol. The minimum absolute atomic E-state index is 0.0836. The maximum atomic E-state index is 12.5. The first-order valence-corrected chi connectivity index (χ1v) is 9.81. The second-order valence-corrected chi connectivity index (χ2v) is 7.01. The zero-order valence-corrected chi connectivity index (χ0v) is 17.5. The molecule has 1 N–H and O–H groups in total. The number of carbonyl (C=O) groups excluding carboxylic acids is 1. The Hall–Kier alpha value is -2.58. The van der Waals surface area contributed by atoms with E-state index in [2.05, 4.69) is 40.0 Å². The van der Waals surface area contributed by atoms with E-state index in [0.29, 0.717) is 0 Å². The highest BCUT2D eigenvalue weighted by atomic mass is 79.9. The molecule has 140 valence electrons. The van der Waals surface area contributed by atoms with Gasteiger partial charge in [0.05, 0.1) is 11.7 Å². The molecule has 0 aromatic heterocycles. The summed E-state index contributed by atoms with van der Waals surface area (Å²) < 4.78 is 0.940. The van der Waals surface area contributed by atoms with Gasteiger partial charge in [0.25, 0.3) is 5.91 Å². The van der Waals surface area contributed by atoms with Crippen LogP contribution < -0.4 is 10.2 Å². The summed E-state index contributed by atoms with van der Waals surface area (Å²) in [4.78, 5) is 14.7. The number of rotatable bonds is 7. The molecular weight excluding hydrogens is 402 g/mol. The van der Waals surface area contributed by atoms with Crippen LogP contribution in [-0.2, 0) is 4.79 Å². The molecule has 0 radical (unpaired) electrons. The number of carbonyl (C=O) groups is 1. The third kappa shape index (κ3) is 5.45. The summed E-state index contributed by atoms with van der Waals surface area (Å²) >= 11 is 3.59. The number of nitriles is 1. The van der Waals surface area contributed by atoms with Gasteiger partial charge in [-0.05, 0) is 66.0 Å². The Morgan fingerprint density at radius 2 is 1.89 bits per heavy atom. The van der Waals surface area contributed by atoms with Gasteiger partial charge in [0, 0.05) is 17.6 Å². The maximum Gasteiger partial charge on any atom is 0.262 e. The predicted molar refractivity (Wildman–Crippen MR) is 114 cm³/mol. The van der Waals surface area contributed by atoms with Gasteiger partial charge in [0.15, 0.2) is 0 Å². The van der Waals surface area contributed by atoms with Crippen molar-refractivity contribution in [2.24, 2.45) is 0 Å². The summed E-state index contributed by atoms with van der Waals surface area (Å²) in [7, 11) is 0. The lowest BCUT2D eigenvalue weighted by molar-refractivity contribution is -0.117. The summed E-state index contributed by atoms with van der Waals surface area (Å²) in [6.07, 6.45) is 1.61. The normalized spacial score (nSPS) is 12.2. The van der Waals surface area contributed by atoms with E-state index in [0.717, 1.165) is 34.4 Å². The van der Waals surface area contributed by atoms with E-state index in [1.54, 1.807) is 6.08 Å². The van der Waals surface area contributed by atoms with Crippen molar-refractivity contribution in [3.63, 3.8) is 0 Å². The van der Waals surface area contributed by atoms with E-state index in [-0.39, 0.29) is 17.5 Å². The molecule has 0 saturated carbocycles. The number of nitrogens with one attached hydrogen (secondary N) is 1. The Labute approximate surface area is 169 Å². The molecule has 5 heteroatoms. The summed E-state index contributed by atoms with van der Waals surface area (Å²) in [6.45, 7) is 7.93. The van der Waals surface area contributed by atoms with Crippen LogP contribution in [0.15, 0.2) is 58.6 Å². The molecule has 2 aromatic rings. The van der Waals surface area contributed by atoms with Gasteiger partial charge >= 0.3 is 0 Å². The standard InChI is InChI=1S/C22H24BrN3O/c1-4-26(5-2)21-12-11-17(14-20(21)23)13-19(15-24)22(27)25-16(3)18-9-7-6-8-10-18/h6-14,16H,4-5H2,1-3H3,(H,25,27)/b19-13-/t16-/m1/s1. The molecule has 1 amide bonds. The predicted octanol–water partition coefficient (Wildman–Crippen LogP) is 5.08. The largest absolute Gasteiger partial charge is 0.371 e. The topological polar surface area (TPSA) is 56.1 Å². The fourth-order valence-electron chi connectivity index (χ4n) is 2.85. The highest BCUT2D eigenvalue weighted by molar-refractivity contribution is 9.10. The van der Waals surface area contributed by atoms with Gasteiger partial charge < -0.3 is 10.2 Å². The number of benzene rings is 2. The van der Waals surface area contributed by atoms with Crippen LogP contribution in [0.5, 0.6) is 0 Å². The highest BCUT2D eigenvalue weighted by Crippen LogP contribution is 2.28. The molecule has 2 rings (SSSR count). The van der Waals surface area contributed by atoms with E-state index < -0.39 is 0 Å². The molecule has 0 unspecified atom stereocenters. The van der Waals surface area contributed by atoms with Gasteiger partial charge in [-0.15, -0.1) is 0 Å². The van der Waals surface area contributed by atoms with Gasteiger partial charge in [-0.3, -0.25) is 4.79 Å². The Morgan fingerprint density at radius 1 is 1.22 bits per heavy atom. The lowest BCUT2D eigenvalue weighted by Gasteiger charge is -2.22. The molecule has 0 bridgehead atoms. The molecule has 2 aromatic carbocycles. The minimum atomic E-state index is -0.377. The van der Waals surface area contributed by atoms with E-state index in [1.807, 2.05) is 61.5 Å². The van der Waals surface area contributed by atoms with Crippen LogP contribution in [0, 0.1) is 11.3 Å². The minimum Gasteiger partial charge on any atom is -0.371 e. The SMILES string of the molecule is CCN(CC)c1ccc(/C=C(/C#N)C(=O)N[C@H](C)c2ccccc2)cc1Br. The summed E-state index contributed by atoms with van der Waals surface area (Å²) in [5, 5.41) is 12.3. The van der Waals surface area contributed by atoms with Gasteiger partial charge in [0.2, 0.25) is 0 Å². The van der Waals surface area contributed by atoms with E-state index >= 15 is 0 Å². The Morgan fingerprint density at radius 3 is 2.44 bits per heavy atom. The lowest BCUT2D eigenvalue weighted by atomic mass is 10.1. The fourth-order valence-corrected chi connectivity index (χ4v) is 3.50. The van der Waals surface area contributed by atoms with E-state index in [1.165, 1.54) is 0 Å². The van der Waals surface area contributed by atoms with Gasteiger partial charge in [-0.1, -0.05) is 36.4 Å². The van der Waals surface area contributed by atoms with Crippen molar-refractivity contribution < 1.29 is 4.79 Å². The molecule has 1 atom stereocenters. The molecule has 0 heterocycles. The molecule has 0 aliphatic carbocycles. The number of halogens is 1. The van der Waals surface area contributed by atoms with Crippen LogP contribution in [0.1, 0.15) is 37.9 Å². The highest BCUT2D eigenvalue weighted by Gasteiger charge is 2.14. The smallest absolute Gasteiger partial charge is 0.262 e. The van der Waals surface area contributed by atoms with Gasteiger partial charge in [-0.25, -0.2) is 0 Å². The lowest BCUT2D eigenvalue weighted by Crippen LogP contribution is -2.27. The van der Waals surface area contributed by atoms with Crippen molar-refractivity contribution in [2.75, 3.05) is 18.0 Å². The third-order valence-corrected chi connectivity index (χ3v) is 5.03. The number of hydrogen-bond donors (Lipinski definition) is 1.